The highest BCUT2D eigenvalue weighted by Crippen LogP contribution is 2.21. The minimum absolute atomic E-state index is 0.192. The Morgan fingerprint density at radius 2 is 2.19 bits per heavy atom. The Kier molecular flexibility index (Phi) is 5.80. The summed E-state index contributed by atoms with van der Waals surface area (Å²) in [7, 11) is 0. The van der Waals surface area contributed by atoms with Crippen LogP contribution in [-0.4, -0.2) is 16.5 Å². The second-order valence-corrected chi connectivity index (χ2v) is 5.46. The molecule has 0 radical (unpaired) electrons. The number of nitrogens with zero attached hydrogens (tertiary/aromatic N) is 1. The fourth-order valence-electron chi connectivity index (χ4n) is 1.49. The monoisotopic (exact) mass is 239 g/mol. The Morgan fingerprint density at radius 1 is 1.44 bits per heavy atom. The van der Waals surface area contributed by atoms with Crippen LogP contribution in [0.3, 0.4) is 0 Å². The SMILES string of the molecule is Cc1ccncc1C(CSCC(C)C)NN. The lowest BCUT2D eigenvalue weighted by molar-refractivity contribution is 0.604. The van der Waals surface area contributed by atoms with Crippen LogP contribution < -0.4 is 11.3 Å². The third-order valence-corrected chi connectivity index (χ3v) is 3.86. The number of nitrogens with two attached hydrogens (primary N) is 1. The summed E-state index contributed by atoms with van der Waals surface area (Å²) >= 11 is 1.93. The highest BCUT2D eigenvalue weighted by atomic mass is 32.2. The van der Waals surface area contributed by atoms with E-state index in [1.807, 2.05) is 30.2 Å². The van der Waals surface area contributed by atoms with Crippen molar-refractivity contribution in [2.75, 3.05) is 11.5 Å². The van der Waals surface area contributed by atoms with Crippen LogP contribution in [0.5, 0.6) is 0 Å². The Morgan fingerprint density at radius 3 is 2.75 bits per heavy atom. The molecule has 0 saturated carbocycles. The van der Waals surface area contributed by atoms with E-state index in [1.54, 1.807) is 0 Å². The van der Waals surface area contributed by atoms with Crippen molar-refractivity contribution < 1.29 is 0 Å². The van der Waals surface area contributed by atoms with Gasteiger partial charge >= 0.3 is 0 Å². The van der Waals surface area contributed by atoms with Crippen LogP contribution in [0.2, 0.25) is 0 Å². The van der Waals surface area contributed by atoms with Gasteiger partial charge in [0.2, 0.25) is 0 Å². The summed E-state index contributed by atoms with van der Waals surface area (Å²) in [6.07, 6.45) is 3.71. The summed E-state index contributed by atoms with van der Waals surface area (Å²) in [6, 6.07) is 2.21. The normalized spacial score (nSPS) is 13.1. The van der Waals surface area contributed by atoms with Crippen molar-refractivity contribution in [3.05, 3.63) is 29.6 Å². The number of aromatic nitrogens is 1. The lowest BCUT2D eigenvalue weighted by atomic mass is 10.1. The first-order chi connectivity index (χ1) is 7.65. The van der Waals surface area contributed by atoms with E-state index in [4.69, 9.17) is 5.84 Å². The van der Waals surface area contributed by atoms with Gasteiger partial charge in [-0.15, -0.1) is 0 Å². The van der Waals surface area contributed by atoms with Crippen LogP contribution in [-0.2, 0) is 0 Å². The van der Waals surface area contributed by atoms with Gasteiger partial charge < -0.3 is 0 Å². The van der Waals surface area contributed by atoms with Gasteiger partial charge in [-0.25, -0.2) is 0 Å². The second kappa shape index (κ2) is 6.89. The minimum atomic E-state index is 0.192. The highest BCUT2D eigenvalue weighted by molar-refractivity contribution is 7.99. The number of hydrogen-bond acceptors (Lipinski definition) is 4. The molecule has 16 heavy (non-hydrogen) atoms. The molecule has 0 fully saturated rings. The second-order valence-electron chi connectivity index (χ2n) is 4.38. The molecule has 0 bridgehead atoms. The number of hydrogen-bond donors (Lipinski definition) is 2. The highest BCUT2D eigenvalue weighted by Gasteiger charge is 2.12. The summed E-state index contributed by atoms with van der Waals surface area (Å²) in [5, 5.41) is 0. The minimum Gasteiger partial charge on any atom is -0.271 e. The maximum atomic E-state index is 5.60. The molecule has 1 rings (SSSR count). The third-order valence-electron chi connectivity index (χ3n) is 2.39. The van der Waals surface area contributed by atoms with Gasteiger partial charge in [0.25, 0.3) is 0 Å². The summed E-state index contributed by atoms with van der Waals surface area (Å²) in [6.45, 7) is 6.55. The smallest absolute Gasteiger partial charge is 0.0568 e. The maximum absolute atomic E-state index is 5.60. The molecule has 3 nitrogen and oxygen atoms in total. The van der Waals surface area contributed by atoms with E-state index in [2.05, 4.69) is 31.2 Å². The van der Waals surface area contributed by atoms with Crippen LogP contribution >= 0.6 is 11.8 Å². The van der Waals surface area contributed by atoms with Crippen molar-refractivity contribution in [3.8, 4) is 0 Å². The fraction of sp³-hybridized carbons (Fsp3) is 0.583. The first kappa shape index (κ1) is 13.5. The molecule has 1 unspecified atom stereocenters. The molecule has 3 N–H and O–H groups in total. The average Bonchev–Trinajstić information content (AvgIpc) is 2.25. The van der Waals surface area contributed by atoms with Crippen LogP contribution in [0, 0.1) is 12.8 Å². The van der Waals surface area contributed by atoms with Crippen LogP contribution in [0.25, 0.3) is 0 Å². The van der Waals surface area contributed by atoms with Gasteiger partial charge in [0.15, 0.2) is 0 Å². The first-order valence-electron chi connectivity index (χ1n) is 5.59. The van der Waals surface area contributed by atoms with Gasteiger partial charge in [0.1, 0.15) is 0 Å². The number of rotatable bonds is 6. The zero-order valence-electron chi connectivity index (χ0n) is 10.2. The summed E-state index contributed by atoms with van der Waals surface area (Å²) in [5.74, 6) is 8.47. The van der Waals surface area contributed by atoms with Crippen LogP contribution in [0.15, 0.2) is 18.5 Å². The van der Waals surface area contributed by atoms with Crippen molar-refractivity contribution in [1.82, 2.24) is 10.4 Å². The van der Waals surface area contributed by atoms with Gasteiger partial charge in [-0.1, -0.05) is 13.8 Å². The number of thioether (sulfide) groups is 1. The van der Waals surface area contributed by atoms with E-state index >= 15 is 0 Å². The molecule has 0 aliphatic heterocycles. The molecule has 90 valence electrons. The molecule has 0 aliphatic carbocycles. The standard InChI is InChI=1S/C12H21N3S/c1-9(2)7-16-8-12(15-13)11-6-14-5-4-10(11)3/h4-6,9,12,15H,7-8,13H2,1-3H3. The number of nitrogens with one attached hydrogen (secondary N) is 1. The van der Waals surface area contributed by atoms with E-state index in [1.165, 1.54) is 11.1 Å². The van der Waals surface area contributed by atoms with E-state index in [9.17, 15) is 0 Å². The Hall–Kier alpha value is -0.580. The topological polar surface area (TPSA) is 50.9 Å². The van der Waals surface area contributed by atoms with Crippen LogP contribution in [0.1, 0.15) is 31.0 Å². The van der Waals surface area contributed by atoms with Gasteiger partial charge in [-0.05, 0) is 35.8 Å². The quantitative estimate of drug-likeness (QED) is 0.591. The molecule has 1 aromatic rings. The molecule has 0 aliphatic rings. The molecular weight excluding hydrogens is 218 g/mol. The predicted octanol–water partition coefficient (Wildman–Crippen LogP) is 2.28. The largest absolute Gasteiger partial charge is 0.271 e. The summed E-state index contributed by atoms with van der Waals surface area (Å²) in [4.78, 5) is 4.15. The number of hydrazine groups is 1. The third kappa shape index (κ3) is 4.12. The first-order valence-corrected chi connectivity index (χ1v) is 6.75. The number of aryl methyl sites for hydroxylation is 1. The molecule has 1 atom stereocenters. The lowest BCUT2D eigenvalue weighted by Crippen LogP contribution is -2.30. The molecule has 1 aromatic heterocycles. The van der Waals surface area contributed by atoms with Crippen molar-refractivity contribution in [2.24, 2.45) is 11.8 Å². The average molecular weight is 239 g/mol. The molecule has 0 aromatic carbocycles. The predicted molar refractivity (Wildman–Crippen MR) is 71.2 cm³/mol. The van der Waals surface area contributed by atoms with Crippen molar-refractivity contribution >= 4 is 11.8 Å². The number of pyridine rings is 1. The van der Waals surface area contributed by atoms with Crippen molar-refractivity contribution in [3.63, 3.8) is 0 Å². The van der Waals surface area contributed by atoms with Crippen LogP contribution in [0.4, 0.5) is 0 Å². The van der Waals surface area contributed by atoms with Gasteiger partial charge in [-0.2, -0.15) is 11.8 Å². The van der Waals surface area contributed by atoms with Crippen molar-refractivity contribution in [1.29, 1.82) is 0 Å². The molecule has 0 spiro atoms. The van der Waals surface area contributed by atoms with E-state index in [-0.39, 0.29) is 6.04 Å². The van der Waals surface area contributed by atoms with Gasteiger partial charge in [0.05, 0.1) is 6.04 Å². The lowest BCUT2D eigenvalue weighted by Gasteiger charge is -2.18. The van der Waals surface area contributed by atoms with E-state index in [0.717, 1.165) is 17.4 Å². The zero-order chi connectivity index (χ0) is 12.0. The zero-order valence-corrected chi connectivity index (χ0v) is 11.1. The van der Waals surface area contributed by atoms with E-state index in [0.29, 0.717) is 0 Å². The fourth-order valence-corrected chi connectivity index (χ4v) is 2.61. The molecule has 1 heterocycles. The summed E-state index contributed by atoms with van der Waals surface area (Å²) < 4.78 is 0. The van der Waals surface area contributed by atoms with Gasteiger partial charge in [-0.3, -0.25) is 16.3 Å². The molecule has 0 saturated heterocycles. The molecular formula is C12H21N3S. The molecule has 4 heteroatoms. The Labute approximate surface area is 102 Å². The Bertz CT molecular complexity index is 315. The molecule has 0 amide bonds. The van der Waals surface area contributed by atoms with Gasteiger partial charge in [0, 0.05) is 18.1 Å². The van der Waals surface area contributed by atoms with Crippen molar-refractivity contribution in [2.45, 2.75) is 26.8 Å². The Balaban J connectivity index is 2.57. The van der Waals surface area contributed by atoms with E-state index < -0.39 is 0 Å². The summed E-state index contributed by atoms with van der Waals surface area (Å²) in [5.41, 5.74) is 5.31. The maximum Gasteiger partial charge on any atom is 0.0568 e.